The average molecular weight is 249 g/mol. The fourth-order valence-corrected chi connectivity index (χ4v) is 2.46. The molecule has 2 N–H and O–H groups in total. The van der Waals surface area contributed by atoms with Crippen molar-refractivity contribution in [2.45, 2.75) is 12.8 Å². The molecule has 0 aliphatic carbocycles. The maximum atomic E-state index is 5.62. The van der Waals surface area contributed by atoms with Gasteiger partial charge in [-0.15, -0.1) is 0 Å². The van der Waals surface area contributed by atoms with E-state index < -0.39 is 0 Å². The highest BCUT2D eigenvalue weighted by molar-refractivity contribution is 5.73. The highest BCUT2D eigenvalue weighted by Crippen LogP contribution is 2.34. The Bertz CT molecular complexity index is 395. The molecule has 1 aromatic rings. The van der Waals surface area contributed by atoms with Crippen LogP contribution in [0.15, 0.2) is 18.2 Å². The lowest BCUT2D eigenvalue weighted by atomic mass is 10.2. The molecule has 0 atom stereocenters. The summed E-state index contributed by atoms with van der Waals surface area (Å²) >= 11 is 0. The van der Waals surface area contributed by atoms with Gasteiger partial charge < -0.3 is 20.3 Å². The maximum absolute atomic E-state index is 5.62. The fourth-order valence-electron chi connectivity index (χ4n) is 2.46. The van der Waals surface area contributed by atoms with E-state index in [1.54, 1.807) is 7.11 Å². The largest absolute Gasteiger partial charge is 0.497 e. The number of nitrogens with two attached hydrogens (primary N) is 1. The number of hydrogen-bond acceptors (Lipinski definition) is 4. The molecule has 0 amide bonds. The third-order valence-electron chi connectivity index (χ3n) is 3.49. The molecule has 0 unspecified atom stereocenters. The van der Waals surface area contributed by atoms with Crippen molar-refractivity contribution >= 4 is 11.4 Å². The van der Waals surface area contributed by atoms with E-state index in [1.165, 1.54) is 17.8 Å². The Labute approximate surface area is 109 Å². The van der Waals surface area contributed by atoms with Gasteiger partial charge in [0.05, 0.1) is 18.5 Å². The number of hydrogen-bond donors (Lipinski definition) is 1. The summed E-state index contributed by atoms with van der Waals surface area (Å²) in [5.41, 5.74) is 8.17. The van der Waals surface area contributed by atoms with Gasteiger partial charge >= 0.3 is 0 Å². The summed E-state index contributed by atoms with van der Waals surface area (Å²) in [7, 11) is 3.86. The molecule has 4 heteroatoms. The summed E-state index contributed by atoms with van der Waals surface area (Å²) in [6, 6.07) is 6.32. The Kier molecular flexibility index (Phi) is 4.31. The third kappa shape index (κ3) is 2.70. The minimum atomic E-state index is 0.748. The van der Waals surface area contributed by atoms with E-state index in [-0.39, 0.29) is 0 Å². The smallest absolute Gasteiger partial charge is 0.121 e. The van der Waals surface area contributed by atoms with E-state index in [9.17, 15) is 0 Å². The fraction of sp³-hybridized carbons (Fsp3) is 0.571. The van der Waals surface area contributed by atoms with Gasteiger partial charge in [-0.2, -0.15) is 0 Å². The molecule has 0 saturated heterocycles. The van der Waals surface area contributed by atoms with E-state index in [4.69, 9.17) is 10.5 Å². The minimum absolute atomic E-state index is 0.748. The van der Waals surface area contributed by atoms with Gasteiger partial charge in [-0.25, -0.2) is 0 Å². The molecule has 4 nitrogen and oxygen atoms in total. The normalized spacial score (nSPS) is 15.3. The molecule has 2 rings (SSSR count). The standard InChI is InChI=1S/C14H23N3O/c1-16-8-4-10-17(9-3-7-15)13-6-5-12(18-2)11-14(13)16/h5-6,11H,3-4,7-10,15H2,1-2H3. The van der Waals surface area contributed by atoms with Gasteiger partial charge in [-0.3, -0.25) is 0 Å². The maximum Gasteiger partial charge on any atom is 0.121 e. The van der Waals surface area contributed by atoms with Gasteiger partial charge in [0.2, 0.25) is 0 Å². The predicted octanol–water partition coefficient (Wildman–Crippen LogP) is 1.69. The van der Waals surface area contributed by atoms with Crippen LogP contribution >= 0.6 is 0 Å². The summed E-state index contributed by atoms with van der Waals surface area (Å²) in [5.74, 6) is 0.918. The second-order valence-electron chi connectivity index (χ2n) is 4.76. The van der Waals surface area contributed by atoms with Crippen LogP contribution in [0.3, 0.4) is 0 Å². The van der Waals surface area contributed by atoms with Crippen LogP contribution in [0.4, 0.5) is 11.4 Å². The van der Waals surface area contributed by atoms with Crippen LogP contribution in [-0.4, -0.2) is 40.3 Å². The predicted molar refractivity (Wildman–Crippen MR) is 76.8 cm³/mol. The summed E-state index contributed by atoms with van der Waals surface area (Å²) < 4.78 is 5.32. The molecule has 1 aliphatic rings. The van der Waals surface area contributed by atoms with Crippen LogP contribution in [0.25, 0.3) is 0 Å². The summed E-state index contributed by atoms with van der Waals surface area (Å²) in [6.45, 7) is 3.96. The molecule has 100 valence electrons. The number of benzene rings is 1. The highest BCUT2D eigenvalue weighted by atomic mass is 16.5. The quantitative estimate of drug-likeness (QED) is 0.881. The van der Waals surface area contributed by atoms with E-state index in [0.29, 0.717) is 0 Å². The van der Waals surface area contributed by atoms with Gasteiger partial charge in [-0.1, -0.05) is 0 Å². The van der Waals surface area contributed by atoms with Crippen molar-refractivity contribution in [1.29, 1.82) is 0 Å². The molecule has 18 heavy (non-hydrogen) atoms. The number of rotatable bonds is 4. The molecular weight excluding hydrogens is 226 g/mol. The van der Waals surface area contributed by atoms with Crippen LogP contribution in [0.2, 0.25) is 0 Å². The zero-order valence-electron chi connectivity index (χ0n) is 11.4. The zero-order chi connectivity index (χ0) is 13.0. The van der Waals surface area contributed by atoms with Gasteiger partial charge in [0.1, 0.15) is 5.75 Å². The first-order valence-electron chi connectivity index (χ1n) is 6.60. The van der Waals surface area contributed by atoms with Crippen LogP contribution in [0.1, 0.15) is 12.8 Å². The third-order valence-corrected chi connectivity index (χ3v) is 3.49. The van der Waals surface area contributed by atoms with E-state index in [2.05, 4.69) is 29.0 Å². The van der Waals surface area contributed by atoms with Crippen molar-refractivity contribution in [3.8, 4) is 5.75 Å². The molecule has 0 bridgehead atoms. The van der Waals surface area contributed by atoms with Crippen LogP contribution in [-0.2, 0) is 0 Å². The Morgan fingerprint density at radius 1 is 1.28 bits per heavy atom. The monoisotopic (exact) mass is 249 g/mol. The average Bonchev–Trinajstić information content (AvgIpc) is 2.56. The first-order chi connectivity index (χ1) is 8.76. The molecular formula is C14H23N3O. The first-order valence-corrected chi connectivity index (χ1v) is 6.60. The lowest BCUT2D eigenvalue weighted by Crippen LogP contribution is -2.26. The lowest BCUT2D eigenvalue weighted by molar-refractivity contribution is 0.415. The zero-order valence-corrected chi connectivity index (χ0v) is 11.4. The van der Waals surface area contributed by atoms with Crippen molar-refractivity contribution in [3.63, 3.8) is 0 Å². The molecule has 0 radical (unpaired) electrons. The van der Waals surface area contributed by atoms with E-state index in [0.717, 1.165) is 38.3 Å². The number of anilines is 2. The lowest BCUT2D eigenvalue weighted by Gasteiger charge is -2.26. The molecule has 1 heterocycles. The second kappa shape index (κ2) is 5.96. The first kappa shape index (κ1) is 13.0. The van der Waals surface area contributed by atoms with Crippen molar-refractivity contribution in [3.05, 3.63) is 18.2 Å². The van der Waals surface area contributed by atoms with E-state index >= 15 is 0 Å². The highest BCUT2D eigenvalue weighted by Gasteiger charge is 2.18. The van der Waals surface area contributed by atoms with Crippen molar-refractivity contribution in [2.75, 3.05) is 50.1 Å². The number of nitrogens with zero attached hydrogens (tertiary/aromatic N) is 2. The minimum Gasteiger partial charge on any atom is -0.497 e. The van der Waals surface area contributed by atoms with Crippen LogP contribution in [0, 0.1) is 0 Å². The topological polar surface area (TPSA) is 41.7 Å². The van der Waals surface area contributed by atoms with Crippen LogP contribution < -0.4 is 20.3 Å². The molecule has 0 saturated carbocycles. The molecule has 1 aromatic carbocycles. The Hall–Kier alpha value is -1.42. The summed E-state index contributed by atoms with van der Waals surface area (Å²) in [4.78, 5) is 4.74. The Morgan fingerprint density at radius 2 is 2.11 bits per heavy atom. The second-order valence-corrected chi connectivity index (χ2v) is 4.76. The molecule has 0 aromatic heterocycles. The van der Waals surface area contributed by atoms with Gasteiger partial charge in [0, 0.05) is 32.7 Å². The number of ether oxygens (including phenoxy) is 1. The van der Waals surface area contributed by atoms with Gasteiger partial charge in [0.25, 0.3) is 0 Å². The number of fused-ring (bicyclic) bond motifs is 1. The Balaban J connectivity index is 2.30. The van der Waals surface area contributed by atoms with Gasteiger partial charge in [0.15, 0.2) is 0 Å². The molecule has 0 fully saturated rings. The van der Waals surface area contributed by atoms with Crippen molar-refractivity contribution in [1.82, 2.24) is 0 Å². The Morgan fingerprint density at radius 3 is 2.83 bits per heavy atom. The summed E-state index contributed by atoms with van der Waals surface area (Å²) in [5, 5.41) is 0. The van der Waals surface area contributed by atoms with Crippen LogP contribution in [0.5, 0.6) is 5.75 Å². The SMILES string of the molecule is COc1ccc2c(c1)N(C)CCCN2CCCN. The van der Waals surface area contributed by atoms with Gasteiger partial charge in [-0.05, 0) is 31.5 Å². The summed E-state index contributed by atoms with van der Waals surface area (Å²) in [6.07, 6.45) is 2.22. The van der Waals surface area contributed by atoms with E-state index in [1.807, 2.05) is 6.07 Å². The van der Waals surface area contributed by atoms with Crippen molar-refractivity contribution < 1.29 is 4.74 Å². The number of methoxy groups -OCH3 is 1. The van der Waals surface area contributed by atoms with Crippen molar-refractivity contribution in [2.24, 2.45) is 5.73 Å². The molecule has 0 spiro atoms. The molecule has 1 aliphatic heterocycles.